The van der Waals surface area contributed by atoms with Gasteiger partial charge in [0.05, 0.1) is 5.92 Å². The molecule has 0 radical (unpaired) electrons. The van der Waals surface area contributed by atoms with Gasteiger partial charge in [0.25, 0.3) is 0 Å². The predicted molar refractivity (Wildman–Crippen MR) is 89.9 cm³/mol. The third-order valence-electron chi connectivity index (χ3n) is 4.04. The summed E-state index contributed by atoms with van der Waals surface area (Å²) < 4.78 is 0. The Balaban J connectivity index is 1.88. The minimum atomic E-state index is -0.385. The summed E-state index contributed by atoms with van der Waals surface area (Å²) in [6.07, 6.45) is 1.29. The Kier molecular flexibility index (Phi) is 4.24. The fourth-order valence-corrected chi connectivity index (χ4v) is 2.88. The van der Waals surface area contributed by atoms with Gasteiger partial charge in [-0.2, -0.15) is 0 Å². The van der Waals surface area contributed by atoms with Crippen LogP contribution in [0.4, 0.5) is 5.69 Å². The van der Waals surface area contributed by atoms with Crippen molar-refractivity contribution >= 4 is 17.5 Å². The molecule has 1 aliphatic rings. The molecule has 3 rings (SSSR count). The predicted octanol–water partition coefficient (Wildman–Crippen LogP) is 2.94. The molecule has 4 heteroatoms. The van der Waals surface area contributed by atoms with Crippen LogP contribution in [0.3, 0.4) is 0 Å². The second-order valence-corrected chi connectivity index (χ2v) is 5.53. The average molecular weight is 306 g/mol. The van der Waals surface area contributed by atoms with Gasteiger partial charge < -0.3 is 10.2 Å². The first-order valence-electron chi connectivity index (χ1n) is 7.54. The molecule has 23 heavy (non-hydrogen) atoms. The summed E-state index contributed by atoms with van der Waals surface area (Å²) in [5, 5.41) is 2.93. The average Bonchev–Trinajstić information content (AvgIpc) is 2.60. The highest BCUT2D eigenvalue weighted by molar-refractivity contribution is 5.97. The van der Waals surface area contributed by atoms with Crippen molar-refractivity contribution in [1.82, 2.24) is 4.90 Å². The molecule has 0 spiro atoms. The van der Waals surface area contributed by atoms with Crippen LogP contribution < -0.4 is 5.32 Å². The summed E-state index contributed by atoms with van der Waals surface area (Å²) >= 11 is 0. The lowest BCUT2D eigenvalue weighted by Gasteiger charge is -2.33. The first-order chi connectivity index (χ1) is 11.2. The molecule has 116 valence electrons. The minimum Gasteiger partial charge on any atom is -0.334 e. The van der Waals surface area contributed by atoms with E-state index in [1.165, 1.54) is 6.08 Å². The third-order valence-corrected chi connectivity index (χ3v) is 4.04. The van der Waals surface area contributed by atoms with E-state index in [4.69, 9.17) is 0 Å². The van der Waals surface area contributed by atoms with Crippen molar-refractivity contribution in [2.75, 3.05) is 11.9 Å². The van der Waals surface area contributed by atoms with Gasteiger partial charge in [-0.3, -0.25) is 9.59 Å². The summed E-state index contributed by atoms with van der Waals surface area (Å²) in [5.41, 5.74) is 2.73. The number of hydrogen-bond acceptors (Lipinski definition) is 2. The van der Waals surface area contributed by atoms with Crippen LogP contribution in [-0.4, -0.2) is 23.3 Å². The minimum absolute atomic E-state index is 0.106. The molecule has 0 aliphatic carbocycles. The monoisotopic (exact) mass is 306 g/mol. The maximum absolute atomic E-state index is 12.7. The first kappa shape index (κ1) is 15.0. The lowest BCUT2D eigenvalue weighted by Crippen LogP contribution is -2.41. The molecule has 0 saturated carbocycles. The lowest BCUT2D eigenvalue weighted by atomic mass is 9.89. The zero-order valence-electron chi connectivity index (χ0n) is 12.7. The van der Waals surface area contributed by atoms with E-state index < -0.39 is 0 Å². The van der Waals surface area contributed by atoms with Gasteiger partial charge in [-0.25, -0.2) is 0 Å². The fraction of sp³-hybridized carbons (Fsp3) is 0.158. The molecule has 0 bridgehead atoms. The standard InChI is InChI=1S/C19H18N2O2/c1-2-18(22)21-12-14-8-6-7-11-16(14)17(13-21)19(23)20-15-9-4-3-5-10-15/h2-11,17H,1,12-13H2,(H,20,23)/t17-/m0/s1. The molecule has 0 aromatic heterocycles. The number of carbonyl (C=O) groups is 2. The Morgan fingerprint density at radius 1 is 1.09 bits per heavy atom. The van der Waals surface area contributed by atoms with E-state index in [0.29, 0.717) is 13.1 Å². The second kappa shape index (κ2) is 6.48. The van der Waals surface area contributed by atoms with Crippen molar-refractivity contribution in [2.45, 2.75) is 12.5 Å². The molecule has 1 heterocycles. The van der Waals surface area contributed by atoms with Crippen LogP contribution in [0.1, 0.15) is 17.0 Å². The van der Waals surface area contributed by atoms with Crippen LogP contribution in [0.25, 0.3) is 0 Å². The molecule has 1 N–H and O–H groups in total. The number of benzene rings is 2. The van der Waals surface area contributed by atoms with E-state index >= 15 is 0 Å². The van der Waals surface area contributed by atoms with Gasteiger partial charge in [0, 0.05) is 18.8 Å². The van der Waals surface area contributed by atoms with Crippen LogP contribution in [0.2, 0.25) is 0 Å². The molecule has 4 nitrogen and oxygen atoms in total. The number of rotatable bonds is 3. The molecule has 2 aromatic rings. The SMILES string of the molecule is C=CC(=O)N1Cc2ccccc2[C@@H](C(=O)Nc2ccccc2)C1. The molecule has 0 saturated heterocycles. The van der Waals surface area contributed by atoms with Crippen LogP contribution in [-0.2, 0) is 16.1 Å². The Morgan fingerprint density at radius 3 is 2.52 bits per heavy atom. The van der Waals surface area contributed by atoms with Gasteiger partial charge in [0.2, 0.25) is 11.8 Å². The van der Waals surface area contributed by atoms with E-state index in [0.717, 1.165) is 16.8 Å². The Morgan fingerprint density at radius 2 is 1.78 bits per heavy atom. The van der Waals surface area contributed by atoms with Crippen LogP contribution in [0, 0.1) is 0 Å². The quantitative estimate of drug-likeness (QED) is 0.886. The van der Waals surface area contributed by atoms with Gasteiger partial charge in [0.1, 0.15) is 0 Å². The number of anilines is 1. The maximum Gasteiger partial charge on any atom is 0.246 e. The van der Waals surface area contributed by atoms with E-state index in [2.05, 4.69) is 11.9 Å². The fourth-order valence-electron chi connectivity index (χ4n) is 2.88. The Bertz CT molecular complexity index is 740. The topological polar surface area (TPSA) is 49.4 Å². The molecular weight excluding hydrogens is 288 g/mol. The molecular formula is C19H18N2O2. The number of nitrogens with one attached hydrogen (secondary N) is 1. The van der Waals surface area contributed by atoms with Gasteiger partial charge in [-0.15, -0.1) is 0 Å². The van der Waals surface area contributed by atoms with Crippen LogP contribution in [0.5, 0.6) is 0 Å². The van der Waals surface area contributed by atoms with E-state index in [1.807, 2.05) is 54.6 Å². The number of para-hydroxylation sites is 1. The smallest absolute Gasteiger partial charge is 0.246 e. The van der Waals surface area contributed by atoms with Crippen molar-refractivity contribution in [3.05, 3.63) is 78.4 Å². The zero-order valence-corrected chi connectivity index (χ0v) is 12.7. The summed E-state index contributed by atoms with van der Waals surface area (Å²) in [4.78, 5) is 26.3. The highest BCUT2D eigenvalue weighted by Crippen LogP contribution is 2.29. The van der Waals surface area contributed by atoms with E-state index in [9.17, 15) is 9.59 Å². The van der Waals surface area contributed by atoms with Crippen molar-refractivity contribution in [1.29, 1.82) is 0 Å². The molecule has 1 atom stereocenters. The molecule has 2 aromatic carbocycles. The highest BCUT2D eigenvalue weighted by atomic mass is 16.2. The summed E-state index contributed by atoms with van der Waals surface area (Å²) in [6, 6.07) is 17.1. The van der Waals surface area contributed by atoms with Gasteiger partial charge in [-0.05, 0) is 29.3 Å². The normalized spacial score (nSPS) is 16.3. The number of fused-ring (bicyclic) bond motifs is 1. The number of hydrogen-bond donors (Lipinski definition) is 1. The molecule has 0 fully saturated rings. The number of amides is 2. The van der Waals surface area contributed by atoms with Crippen LogP contribution in [0.15, 0.2) is 67.3 Å². The number of carbonyl (C=O) groups excluding carboxylic acids is 2. The van der Waals surface area contributed by atoms with Crippen LogP contribution >= 0.6 is 0 Å². The Labute approximate surface area is 135 Å². The second-order valence-electron chi connectivity index (χ2n) is 5.53. The molecule has 0 unspecified atom stereocenters. The van der Waals surface area contributed by atoms with Gasteiger partial charge >= 0.3 is 0 Å². The lowest BCUT2D eigenvalue weighted by molar-refractivity contribution is -0.128. The summed E-state index contributed by atoms with van der Waals surface area (Å²) in [7, 11) is 0. The number of nitrogens with zero attached hydrogens (tertiary/aromatic N) is 1. The van der Waals surface area contributed by atoms with Crippen molar-refractivity contribution < 1.29 is 9.59 Å². The van der Waals surface area contributed by atoms with Gasteiger partial charge in [0.15, 0.2) is 0 Å². The molecule has 1 aliphatic heterocycles. The van der Waals surface area contributed by atoms with Crippen molar-refractivity contribution in [3.63, 3.8) is 0 Å². The summed E-state index contributed by atoms with van der Waals surface area (Å²) in [5.74, 6) is -0.647. The first-order valence-corrected chi connectivity index (χ1v) is 7.54. The largest absolute Gasteiger partial charge is 0.334 e. The van der Waals surface area contributed by atoms with Crippen molar-refractivity contribution in [2.24, 2.45) is 0 Å². The van der Waals surface area contributed by atoms with Crippen molar-refractivity contribution in [3.8, 4) is 0 Å². The molecule has 2 amide bonds. The third kappa shape index (κ3) is 3.16. The summed E-state index contributed by atoms with van der Waals surface area (Å²) in [6.45, 7) is 4.41. The van der Waals surface area contributed by atoms with E-state index in [-0.39, 0.29) is 17.7 Å². The maximum atomic E-state index is 12.7. The zero-order chi connectivity index (χ0) is 16.2. The van der Waals surface area contributed by atoms with E-state index in [1.54, 1.807) is 4.90 Å². The highest BCUT2D eigenvalue weighted by Gasteiger charge is 2.31. The van der Waals surface area contributed by atoms with Gasteiger partial charge in [-0.1, -0.05) is 49.0 Å². The Hall–Kier alpha value is -2.88.